The number of thiophene rings is 1. The van der Waals surface area contributed by atoms with Crippen LogP contribution in [0.3, 0.4) is 0 Å². The first-order chi connectivity index (χ1) is 20.1. The van der Waals surface area contributed by atoms with Crippen molar-refractivity contribution in [2.45, 2.75) is 44.6 Å². The third kappa shape index (κ3) is 5.41. The second-order valence-electron chi connectivity index (χ2n) is 11.8. The normalized spacial score (nSPS) is 27.1. The van der Waals surface area contributed by atoms with Crippen molar-refractivity contribution >= 4 is 58.1 Å². The summed E-state index contributed by atoms with van der Waals surface area (Å²) >= 11 is 7.15. The lowest BCUT2D eigenvalue weighted by atomic mass is 9.80. The Labute approximate surface area is 251 Å². The molecule has 10 nitrogen and oxygen atoms in total. The molecule has 0 radical (unpaired) electrons. The Morgan fingerprint density at radius 2 is 1.88 bits per heavy atom. The van der Waals surface area contributed by atoms with Gasteiger partial charge in [-0.25, -0.2) is 9.18 Å². The van der Waals surface area contributed by atoms with Gasteiger partial charge in [-0.15, -0.1) is 11.3 Å². The number of hydrogen-bond acceptors (Lipinski definition) is 8. The first-order valence-corrected chi connectivity index (χ1v) is 15.3. The molecule has 4 aliphatic rings. The molecule has 1 aromatic heterocycles. The van der Waals surface area contributed by atoms with E-state index >= 15 is 4.39 Å². The number of ether oxygens (including phenoxy) is 2. The monoisotopic (exact) mass is 618 g/mol. The fraction of sp³-hybridized carbons (Fsp3) is 0.517. The number of amides is 4. The molecule has 13 heteroatoms. The number of fused-ring (bicyclic) bond motifs is 2. The van der Waals surface area contributed by atoms with Crippen molar-refractivity contribution in [2.24, 2.45) is 16.6 Å². The third-order valence-corrected chi connectivity index (χ3v) is 10.4. The van der Waals surface area contributed by atoms with Crippen LogP contribution in [0.2, 0.25) is 4.34 Å². The van der Waals surface area contributed by atoms with Crippen LogP contribution in [0, 0.1) is 16.6 Å². The molecule has 42 heavy (non-hydrogen) atoms. The second kappa shape index (κ2) is 11.2. The lowest BCUT2D eigenvalue weighted by Gasteiger charge is -2.30. The number of hydrogen-bond donors (Lipinski definition) is 1. The first kappa shape index (κ1) is 29.0. The Balaban J connectivity index is 1.19. The average Bonchev–Trinajstić information content (AvgIpc) is 3.75. The molecule has 2 bridgehead atoms. The summed E-state index contributed by atoms with van der Waals surface area (Å²) in [4.78, 5) is 56.4. The molecule has 6 rings (SSSR count). The molecule has 1 atom stereocenters. The van der Waals surface area contributed by atoms with Gasteiger partial charge in [0.1, 0.15) is 18.5 Å². The van der Waals surface area contributed by atoms with Crippen LogP contribution in [0.15, 0.2) is 30.3 Å². The van der Waals surface area contributed by atoms with Gasteiger partial charge >= 0.3 is 6.09 Å². The largest absolute Gasteiger partial charge is 0.442 e. The molecule has 2 N–H and O–H groups in total. The van der Waals surface area contributed by atoms with E-state index in [1.54, 1.807) is 18.2 Å². The molecule has 2 aliphatic heterocycles. The lowest BCUT2D eigenvalue weighted by molar-refractivity contribution is -0.132. The van der Waals surface area contributed by atoms with Gasteiger partial charge in [0.15, 0.2) is 0 Å². The zero-order valence-corrected chi connectivity index (χ0v) is 24.6. The van der Waals surface area contributed by atoms with Gasteiger partial charge in [-0.05, 0) is 79.8 Å². The Morgan fingerprint density at radius 3 is 2.52 bits per heavy atom. The van der Waals surface area contributed by atoms with Crippen LogP contribution in [0.4, 0.5) is 20.6 Å². The number of rotatable bonds is 8. The number of imide groups is 1. The highest BCUT2D eigenvalue weighted by Crippen LogP contribution is 2.62. The summed E-state index contributed by atoms with van der Waals surface area (Å²) in [6.45, 7) is 0.922. The number of carbonyl (C=O) groups is 4. The summed E-state index contributed by atoms with van der Waals surface area (Å²) in [5.41, 5.74) is 6.30. The van der Waals surface area contributed by atoms with Gasteiger partial charge in [-0.3, -0.25) is 24.2 Å². The summed E-state index contributed by atoms with van der Waals surface area (Å²) in [7, 11) is 0. The van der Waals surface area contributed by atoms with E-state index in [0.717, 1.165) is 53.2 Å². The fourth-order valence-corrected chi connectivity index (χ4v) is 7.93. The molecule has 4 fully saturated rings. The van der Waals surface area contributed by atoms with Crippen LogP contribution >= 0.6 is 22.9 Å². The highest BCUT2D eigenvalue weighted by molar-refractivity contribution is 7.18. The number of benzene rings is 1. The number of anilines is 2. The summed E-state index contributed by atoms with van der Waals surface area (Å²) in [6, 6.07) is 7.34. The van der Waals surface area contributed by atoms with Crippen LogP contribution in [0.5, 0.6) is 0 Å². The van der Waals surface area contributed by atoms with Gasteiger partial charge < -0.3 is 20.1 Å². The number of halogens is 2. The summed E-state index contributed by atoms with van der Waals surface area (Å²) in [5, 5.41) is 0. The molecule has 4 amide bonds. The molecular weight excluding hydrogens is 587 g/mol. The van der Waals surface area contributed by atoms with Gasteiger partial charge in [-0.1, -0.05) is 11.6 Å². The number of nitrogens with zero attached hydrogens (tertiary/aromatic N) is 3. The van der Waals surface area contributed by atoms with Crippen molar-refractivity contribution in [2.75, 3.05) is 49.2 Å². The third-order valence-electron chi connectivity index (χ3n) is 9.19. The van der Waals surface area contributed by atoms with Crippen molar-refractivity contribution in [1.29, 1.82) is 0 Å². The second-order valence-corrected chi connectivity index (χ2v) is 13.5. The lowest BCUT2D eigenvalue weighted by Crippen LogP contribution is -2.44. The molecular formula is C29H32ClFN4O6S. The maximum absolute atomic E-state index is 15.2. The SMILES string of the molecule is NCC12CCC(CC(=O)N(CC3CN(c4ccc(N5CCOCC5=O)cc4F)C(=O)O3)C(=O)c3ccc(Cl)s3)(CC1)C2. The van der Waals surface area contributed by atoms with Crippen LogP contribution in [0.25, 0.3) is 0 Å². The van der Waals surface area contributed by atoms with E-state index in [1.165, 1.54) is 17.0 Å². The summed E-state index contributed by atoms with van der Waals surface area (Å²) in [5.74, 6) is -1.82. The Hall–Kier alpha value is -3.06. The van der Waals surface area contributed by atoms with Crippen LogP contribution < -0.4 is 15.5 Å². The van der Waals surface area contributed by atoms with Gasteiger partial charge in [0.05, 0.1) is 34.6 Å². The molecule has 2 aromatic rings. The van der Waals surface area contributed by atoms with Crippen molar-refractivity contribution in [3.8, 4) is 0 Å². The van der Waals surface area contributed by atoms with Gasteiger partial charge in [0, 0.05) is 18.7 Å². The predicted octanol–water partition coefficient (Wildman–Crippen LogP) is 4.20. The maximum Gasteiger partial charge on any atom is 0.414 e. The van der Waals surface area contributed by atoms with Gasteiger partial charge in [0.2, 0.25) is 5.91 Å². The van der Waals surface area contributed by atoms with Crippen molar-refractivity contribution in [3.63, 3.8) is 0 Å². The smallest absolute Gasteiger partial charge is 0.414 e. The van der Waals surface area contributed by atoms with E-state index in [4.69, 9.17) is 26.8 Å². The molecule has 2 saturated carbocycles. The molecule has 2 saturated heterocycles. The molecule has 3 heterocycles. The minimum atomic E-state index is -0.867. The number of carbonyl (C=O) groups excluding carboxylic acids is 4. The van der Waals surface area contributed by atoms with Crippen molar-refractivity contribution in [1.82, 2.24) is 4.90 Å². The maximum atomic E-state index is 15.2. The molecule has 224 valence electrons. The minimum absolute atomic E-state index is 0.0184. The van der Waals surface area contributed by atoms with E-state index in [1.807, 2.05) is 0 Å². The Bertz CT molecular complexity index is 1430. The van der Waals surface area contributed by atoms with Gasteiger partial charge in [-0.2, -0.15) is 0 Å². The zero-order chi connectivity index (χ0) is 29.6. The molecule has 1 unspecified atom stereocenters. The Kier molecular flexibility index (Phi) is 7.75. The topological polar surface area (TPSA) is 122 Å². The summed E-state index contributed by atoms with van der Waals surface area (Å²) < 4.78 is 26.3. The highest BCUT2D eigenvalue weighted by Gasteiger charge is 2.54. The van der Waals surface area contributed by atoms with Crippen molar-refractivity contribution in [3.05, 3.63) is 45.4 Å². The number of cyclic esters (lactones) is 1. The summed E-state index contributed by atoms with van der Waals surface area (Å²) in [6.07, 6.45) is 3.15. The minimum Gasteiger partial charge on any atom is -0.442 e. The molecule has 2 aliphatic carbocycles. The number of morpholine rings is 1. The van der Waals surface area contributed by atoms with Gasteiger partial charge in [0.25, 0.3) is 11.8 Å². The van der Waals surface area contributed by atoms with E-state index in [2.05, 4.69) is 0 Å². The quantitative estimate of drug-likeness (QED) is 0.471. The molecule has 0 spiro atoms. The fourth-order valence-electron chi connectivity index (χ4n) is 6.94. The highest BCUT2D eigenvalue weighted by atomic mass is 35.5. The van der Waals surface area contributed by atoms with Crippen LogP contribution in [-0.2, 0) is 19.1 Å². The zero-order valence-electron chi connectivity index (χ0n) is 23.0. The van der Waals surface area contributed by atoms with Crippen LogP contribution in [0.1, 0.15) is 48.2 Å². The van der Waals surface area contributed by atoms with E-state index < -0.39 is 23.9 Å². The average molecular weight is 619 g/mol. The van der Waals surface area contributed by atoms with Crippen LogP contribution in [-0.4, -0.2) is 74.2 Å². The standard InChI is InChI=1S/C29H32ClFN4O6S/c30-23-4-3-22(42-23)26(38)35(24(36)12-28-5-7-29(16-28,17-32)8-6-28)14-19-13-34(27(39)41-19)21-2-1-18(11-20(21)31)33-9-10-40-15-25(33)37/h1-4,11,19H,5-10,12-17,32H2. The van der Waals surface area contributed by atoms with Crippen molar-refractivity contribution < 1.29 is 33.0 Å². The first-order valence-electron chi connectivity index (χ1n) is 14.1. The molecule has 1 aromatic carbocycles. The van der Waals surface area contributed by atoms with E-state index in [0.29, 0.717) is 34.6 Å². The number of nitrogens with two attached hydrogens (primary N) is 1. The van der Waals surface area contributed by atoms with E-state index in [-0.39, 0.29) is 54.4 Å². The Morgan fingerprint density at radius 1 is 1.12 bits per heavy atom. The van der Waals surface area contributed by atoms with E-state index in [9.17, 15) is 19.2 Å². The predicted molar refractivity (Wildman–Crippen MR) is 154 cm³/mol.